The zero-order valence-corrected chi connectivity index (χ0v) is 55.7. The van der Waals surface area contributed by atoms with Crippen LogP contribution in [-0.2, 0) is 32.7 Å². The van der Waals surface area contributed by atoms with Gasteiger partial charge in [-0.3, -0.25) is 14.2 Å². The lowest BCUT2D eigenvalue weighted by Gasteiger charge is -2.28. The standard InChI is InChI=1S/C74H128NO8P/c1-6-8-10-12-14-16-18-20-22-24-26-28-30-32-33-34-35-36-37-38-39-40-41-43-45-47-49-51-53-55-57-59-61-63-65-67-74(77)83-72(71-82-84(78,79)81-69-68-75(3,4)5)70-80-73(76)66-64-62-60-58-56-54-52-50-48-46-44-42-31-29-27-25-23-21-19-17-15-13-11-9-7-2/h8,10,14,16,20,22,25-28,32-33,35-36,38-39,41,43,47,49,72H,6-7,9,11-13,15,17-19,21,23-24,29-31,34,37,40,42,44-46,48,50-71H2,1-5H3/b10-8-,16-14-,22-20-,27-25-,28-26-,33-32-,36-35-,39-38-,43-41-,49-47-. The number of hydrogen-bond acceptors (Lipinski definition) is 8. The van der Waals surface area contributed by atoms with Crippen LogP contribution in [0.1, 0.15) is 284 Å². The Morgan fingerprint density at radius 1 is 0.381 bits per heavy atom. The first-order valence-electron chi connectivity index (χ1n) is 34.2. The second kappa shape index (κ2) is 63.9. The quantitative estimate of drug-likeness (QED) is 0.0195. The van der Waals surface area contributed by atoms with Gasteiger partial charge in [-0.05, 0) is 109 Å². The van der Waals surface area contributed by atoms with Gasteiger partial charge < -0.3 is 27.9 Å². The smallest absolute Gasteiger partial charge is 0.306 e. The number of quaternary nitrogens is 1. The molecule has 2 atom stereocenters. The molecule has 0 fully saturated rings. The molecule has 0 spiro atoms. The molecule has 0 rings (SSSR count). The second-order valence-electron chi connectivity index (χ2n) is 23.8. The first-order valence-corrected chi connectivity index (χ1v) is 35.7. The maximum absolute atomic E-state index is 12.9. The van der Waals surface area contributed by atoms with Crippen molar-refractivity contribution in [3.05, 3.63) is 122 Å². The van der Waals surface area contributed by atoms with Crippen molar-refractivity contribution in [3.8, 4) is 0 Å². The Morgan fingerprint density at radius 3 is 1.02 bits per heavy atom. The SMILES string of the molecule is CC/C=C\C/C=C\C/C=C\C/C=C\C/C=C\C/C=C\C/C=C\C/C=C\C/C=C\CCCCCCCCCC(=O)OC(COC(=O)CCCCCCCCCCCCCCC/C=C\CCCCCCCCCC)COP(=O)([O-])OCC[N+](C)(C)C. The number of likely N-dealkylation sites (N-methyl/N-ethyl adjacent to an activating group) is 1. The zero-order chi connectivity index (χ0) is 61.2. The fourth-order valence-electron chi connectivity index (χ4n) is 9.23. The molecule has 0 bridgehead atoms. The van der Waals surface area contributed by atoms with Gasteiger partial charge in [-0.2, -0.15) is 0 Å². The van der Waals surface area contributed by atoms with Crippen molar-refractivity contribution in [2.75, 3.05) is 47.5 Å². The number of unbranched alkanes of at least 4 members (excludes halogenated alkanes) is 28. The molecule has 0 radical (unpaired) electrons. The van der Waals surface area contributed by atoms with Crippen molar-refractivity contribution in [2.24, 2.45) is 0 Å². The molecule has 2 unspecified atom stereocenters. The van der Waals surface area contributed by atoms with Gasteiger partial charge in [0, 0.05) is 12.8 Å². The maximum atomic E-state index is 12.9. The maximum Gasteiger partial charge on any atom is 0.306 e. The third-order valence-corrected chi connectivity index (χ3v) is 15.4. The largest absolute Gasteiger partial charge is 0.756 e. The summed E-state index contributed by atoms with van der Waals surface area (Å²) in [7, 11) is 1.15. The molecule has 0 saturated heterocycles. The topological polar surface area (TPSA) is 111 Å². The number of rotatable bonds is 62. The predicted molar refractivity (Wildman–Crippen MR) is 360 cm³/mol. The van der Waals surface area contributed by atoms with Crippen LogP contribution < -0.4 is 4.89 Å². The lowest BCUT2D eigenvalue weighted by molar-refractivity contribution is -0.870. The number of phosphoric acid groups is 1. The van der Waals surface area contributed by atoms with Gasteiger partial charge in [-0.25, -0.2) is 0 Å². The van der Waals surface area contributed by atoms with Gasteiger partial charge in [-0.15, -0.1) is 0 Å². The third kappa shape index (κ3) is 67.5. The molecule has 0 aliphatic heterocycles. The van der Waals surface area contributed by atoms with Crippen molar-refractivity contribution in [1.82, 2.24) is 0 Å². The second-order valence-corrected chi connectivity index (χ2v) is 25.2. The van der Waals surface area contributed by atoms with E-state index in [-0.39, 0.29) is 32.0 Å². The summed E-state index contributed by atoms with van der Waals surface area (Å²) in [6.07, 6.45) is 91.2. The van der Waals surface area contributed by atoms with Gasteiger partial charge in [0.1, 0.15) is 19.8 Å². The Morgan fingerprint density at radius 2 is 0.679 bits per heavy atom. The summed E-state index contributed by atoms with van der Waals surface area (Å²) < 4.78 is 34.3. The van der Waals surface area contributed by atoms with Gasteiger partial charge in [0.15, 0.2) is 6.10 Å². The highest BCUT2D eigenvalue weighted by Gasteiger charge is 2.22. The van der Waals surface area contributed by atoms with E-state index in [0.717, 1.165) is 103 Å². The van der Waals surface area contributed by atoms with Crippen LogP contribution in [0, 0.1) is 0 Å². The minimum atomic E-state index is -4.65. The average molecular weight is 1190 g/mol. The van der Waals surface area contributed by atoms with Crippen LogP contribution >= 0.6 is 7.82 Å². The summed E-state index contributed by atoms with van der Waals surface area (Å²) in [6, 6.07) is 0. The molecule has 84 heavy (non-hydrogen) atoms. The third-order valence-electron chi connectivity index (χ3n) is 14.5. The number of carbonyl (C=O) groups excluding carboxylic acids is 2. The molecule has 0 saturated carbocycles. The average Bonchev–Trinajstić information content (AvgIpc) is 3.61. The molecule has 482 valence electrons. The molecule has 0 aliphatic carbocycles. The Hall–Kier alpha value is -3.59. The number of ether oxygens (including phenoxy) is 2. The first kappa shape index (κ1) is 80.4. The van der Waals surface area contributed by atoms with Gasteiger partial charge in [0.2, 0.25) is 0 Å². The van der Waals surface area contributed by atoms with Crippen LogP contribution in [0.4, 0.5) is 0 Å². The summed E-state index contributed by atoms with van der Waals surface area (Å²) in [5.41, 5.74) is 0. The van der Waals surface area contributed by atoms with Crippen LogP contribution in [0.25, 0.3) is 0 Å². The number of nitrogens with zero attached hydrogens (tertiary/aromatic N) is 1. The van der Waals surface area contributed by atoms with Crippen molar-refractivity contribution in [1.29, 1.82) is 0 Å². The van der Waals surface area contributed by atoms with E-state index in [9.17, 15) is 19.0 Å². The molecule has 9 nitrogen and oxygen atoms in total. The Kier molecular flexibility index (Phi) is 61.2. The van der Waals surface area contributed by atoms with E-state index in [4.69, 9.17) is 18.5 Å². The van der Waals surface area contributed by atoms with Crippen LogP contribution in [0.3, 0.4) is 0 Å². The lowest BCUT2D eigenvalue weighted by Crippen LogP contribution is -2.37. The monoisotopic (exact) mass is 1190 g/mol. The number of esters is 2. The molecule has 0 amide bonds. The lowest BCUT2D eigenvalue weighted by atomic mass is 10.0. The number of carbonyl (C=O) groups is 2. The summed E-state index contributed by atoms with van der Waals surface area (Å²) >= 11 is 0. The minimum Gasteiger partial charge on any atom is -0.756 e. The van der Waals surface area contributed by atoms with Crippen molar-refractivity contribution in [3.63, 3.8) is 0 Å². The Bertz CT molecular complexity index is 1830. The van der Waals surface area contributed by atoms with E-state index in [1.165, 1.54) is 148 Å². The molecule has 0 aliphatic rings. The molecule has 0 aromatic heterocycles. The van der Waals surface area contributed by atoms with E-state index >= 15 is 0 Å². The predicted octanol–water partition coefficient (Wildman–Crippen LogP) is 21.6. The summed E-state index contributed by atoms with van der Waals surface area (Å²) in [6.45, 7) is 4.13. The molecular weight excluding hydrogens is 1060 g/mol. The Labute approximate surface area is 518 Å². The fourth-order valence-corrected chi connectivity index (χ4v) is 9.96. The summed E-state index contributed by atoms with van der Waals surface area (Å²) in [5.74, 6) is -0.846. The number of allylic oxidation sites excluding steroid dienone is 20. The molecule has 0 aromatic rings. The van der Waals surface area contributed by atoms with E-state index < -0.39 is 26.5 Å². The highest BCUT2D eigenvalue weighted by Crippen LogP contribution is 2.38. The van der Waals surface area contributed by atoms with Gasteiger partial charge in [0.05, 0.1) is 27.7 Å². The Balaban J connectivity index is 4.14. The first-order chi connectivity index (χ1) is 41.0. The highest BCUT2D eigenvalue weighted by atomic mass is 31.2. The molecule has 0 N–H and O–H groups in total. The van der Waals surface area contributed by atoms with Crippen molar-refractivity contribution in [2.45, 2.75) is 290 Å². The van der Waals surface area contributed by atoms with E-state index in [0.29, 0.717) is 17.4 Å². The molecule has 0 aromatic carbocycles. The van der Waals surface area contributed by atoms with Gasteiger partial charge in [0.25, 0.3) is 7.82 Å². The van der Waals surface area contributed by atoms with E-state index in [1.54, 1.807) is 0 Å². The normalized spacial score (nSPS) is 13.9. The van der Waals surface area contributed by atoms with Crippen LogP contribution in [0.5, 0.6) is 0 Å². The minimum absolute atomic E-state index is 0.0383. The van der Waals surface area contributed by atoms with Crippen molar-refractivity contribution >= 4 is 19.8 Å². The zero-order valence-electron chi connectivity index (χ0n) is 54.8. The van der Waals surface area contributed by atoms with Crippen LogP contribution in [-0.4, -0.2) is 70.0 Å². The van der Waals surface area contributed by atoms with Crippen LogP contribution in [0.2, 0.25) is 0 Å². The summed E-state index contributed by atoms with van der Waals surface area (Å²) in [4.78, 5) is 38.0. The highest BCUT2D eigenvalue weighted by molar-refractivity contribution is 7.45. The molecular formula is C74H128NO8P. The fraction of sp³-hybridized carbons (Fsp3) is 0.703. The summed E-state index contributed by atoms with van der Waals surface area (Å²) in [5, 5.41) is 0. The van der Waals surface area contributed by atoms with Crippen LogP contribution in [0.15, 0.2) is 122 Å². The van der Waals surface area contributed by atoms with Crippen molar-refractivity contribution < 1.29 is 42.1 Å². The van der Waals surface area contributed by atoms with E-state index in [1.807, 2.05) is 21.1 Å². The van der Waals surface area contributed by atoms with Gasteiger partial charge in [-0.1, -0.05) is 283 Å². The number of phosphoric ester groups is 1. The molecule has 0 heterocycles. The van der Waals surface area contributed by atoms with E-state index in [2.05, 4.69) is 135 Å². The van der Waals surface area contributed by atoms with Gasteiger partial charge >= 0.3 is 11.9 Å². The number of hydrogen-bond donors (Lipinski definition) is 0. The molecule has 10 heteroatoms.